The molecule has 3 saturated carbocycles. The fourth-order valence-corrected chi connectivity index (χ4v) is 13.6. The van der Waals surface area contributed by atoms with Crippen molar-refractivity contribution in [3.63, 3.8) is 0 Å². The summed E-state index contributed by atoms with van der Waals surface area (Å²) >= 11 is 0. The van der Waals surface area contributed by atoms with Gasteiger partial charge in [0.25, 0.3) is 10.1 Å². The van der Waals surface area contributed by atoms with E-state index in [9.17, 15) is 13.2 Å². The van der Waals surface area contributed by atoms with Gasteiger partial charge in [-0.2, -0.15) is 8.42 Å². The van der Waals surface area contributed by atoms with Crippen LogP contribution in [0.4, 0.5) is 0 Å². The quantitative estimate of drug-likeness (QED) is 0.0513. The molecule has 8 rings (SSSR count). The SMILES string of the molecule is C[C@H](CCC[C@@H](C)[C@H]1[C@H](OS(C)(=O)=O)C[C@H]2[C@@H]3CC=C4C[C@H](OC(=O)c5ccccc5)CC[C@]4(C)[C@H]3CC[C@]12C)COC(c1ccccc1)(c1ccccc1)c1ccccc1. The first-order chi connectivity index (χ1) is 29.3. The topological polar surface area (TPSA) is 78.9 Å². The maximum atomic E-state index is 13.0. The fraction of sp³-hybridized carbons (Fsp3) is 0.500. The number of esters is 1. The average molecular weight is 843 g/mol. The van der Waals surface area contributed by atoms with Crippen molar-refractivity contribution in [3.8, 4) is 0 Å². The van der Waals surface area contributed by atoms with E-state index in [1.165, 1.54) is 11.8 Å². The van der Waals surface area contributed by atoms with Gasteiger partial charge in [0.2, 0.25) is 0 Å². The largest absolute Gasteiger partial charge is 0.458 e. The molecule has 0 heterocycles. The molecule has 4 aromatic rings. The predicted octanol–water partition coefficient (Wildman–Crippen LogP) is 12.2. The molecule has 4 aromatic carbocycles. The van der Waals surface area contributed by atoms with Crippen molar-refractivity contribution in [1.82, 2.24) is 0 Å². The first-order valence-corrected chi connectivity index (χ1v) is 24.8. The van der Waals surface area contributed by atoms with E-state index < -0.39 is 15.7 Å². The highest BCUT2D eigenvalue weighted by atomic mass is 32.2. The lowest BCUT2D eigenvalue weighted by molar-refractivity contribution is -0.0628. The van der Waals surface area contributed by atoms with Crippen LogP contribution in [-0.2, 0) is 29.4 Å². The smallest absolute Gasteiger partial charge is 0.338 e. The van der Waals surface area contributed by atoms with Gasteiger partial charge in [-0.15, -0.1) is 0 Å². The lowest BCUT2D eigenvalue weighted by atomic mass is 9.47. The summed E-state index contributed by atoms with van der Waals surface area (Å²) in [5.41, 5.74) is 4.71. The minimum Gasteiger partial charge on any atom is -0.458 e. The summed E-state index contributed by atoms with van der Waals surface area (Å²) < 4.78 is 45.1. The lowest BCUT2D eigenvalue weighted by Gasteiger charge is -2.58. The van der Waals surface area contributed by atoms with Gasteiger partial charge in [0, 0.05) is 6.42 Å². The molecule has 0 bridgehead atoms. The molecule has 0 unspecified atom stereocenters. The number of hydrogen-bond acceptors (Lipinski definition) is 6. The van der Waals surface area contributed by atoms with Crippen LogP contribution >= 0.6 is 0 Å². The minimum absolute atomic E-state index is 0.00452. The van der Waals surface area contributed by atoms with Crippen LogP contribution in [0.25, 0.3) is 0 Å². The summed E-state index contributed by atoms with van der Waals surface area (Å²) in [5.74, 6) is 1.95. The molecule has 0 radical (unpaired) electrons. The van der Waals surface area contributed by atoms with Crippen LogP contribution in [0.2, 0.25) is 0 Å². The third-order valence-electron chi connectivity index (χ3n) is 15.8. The molecule has 10 atom stereocenters. The number of benzene rings is 4. The number of allylic oxidation sites excluding steroid dienone is 1. The van der Waals surface area contributed by atoms with Gasteiger partial charge in [-0.3, -0.25) is 4.18 Å². The molecule has 61 heavy (non-hydrogen) atoms. The van der Waals surface area contributed by atoms with Gasteiger partial charge in [0.1, 0.15) is 11.7 Å². The Hall–Kier alpha value is -4.04. The van der Waals surface area contributed by atoms with E-state index in [1.54, 1.807) is 0 Å². The molecule has 324 valence electrons. The number of ether oxygens (including phenoxy) is 2. The van der Waals surface area contributed by atoms with Gasteiger partial charge >= 0.3 is 5.97 Å². The average Bonchev–Trinajstić information content (AvgIpc) is 3.55. The van der Waals surface area contributed by atoms with E-state index in [-0.39, 0.29) is 34.9 Å². The van der Waals surface area contributed by atoms with Crippen LogP contribution in [0.5, 0.6) is 0 Å². The molecule has 6 nitrogen and oxygen atoms in total. The maximum absolute atomic E-state index is 13.0. The van der Waals surface area contributed by atoms with Crippen LogP contribution in [0.3, 0.4) is 0 Å². The zero-order valence-electron chi connectivity index (χ0n) is 36.9. The Kier molecular flexibility index (Phi) is 12.9. The molecule has 7 heteroatoms. The number of rotatable bonds is 15. The van der Waals surface area contributed by atoms with E-state index in [0.717, 1.165) is 80.9 Å². The highest BCUT2D eigenvalue weighted by molar-refractivity contribution is 7.86. The van der Waals surface area contributed by atoms with Crippen molar-refractivity contribution < 1.29 is 26.9 Å². The molecular formula is C54H66O6S. The second-order valence-electron chi connectivity index (χ2n) is 19.6. The highest BCUT2D eigenvalue weighted by Crippen LogP contribution is 2.68. The zero-order chi connectivity index (χ0) is 42.8. The van der Waals surface area contributed by atoms with Gasteiger partial charge in [0.15, 0.2) is 0 Å². The summed E-state index contributed by atoms with van der Waals surface area (Å²) in [7, 11) is -3.63. The van der Waals surface area contributed by atoms with E-state index in [1.807, 2.05) is 30.3 Å². The molecule has 0 N–H and O–H groups in total. The first kappa shape index (κ1) is 43.6. The fourth-order valence-electron chi connectivity index (χ4n) is 13.0. The van der Waals surface area contributed by atoms with E-state index in [4.69, 9.17) is 13.7 Å². The molecule has 0 amide bonds. The van der Waals surface area contributed by atoms with Crippen molar-refractivity contribution in [3.05, 3.63) is 155 Å². The molecule has 0 aromatic heterocycles. The molecule has 4 aliphatic carbocycles. The van der Waals surface area contributed by atoms with Crippen LogP contribution in [-0.4, -0.2) is 39.5 Å². The monoisotopic (exact) mass is 842 g/mol. The summed E-state index contributed by atoms with van der Waals surface area (Å²) in [4.78, 5) is 13.0. The van der Waals surface area contributed by atoms with Crippen LogP contribution in [0, 0.1) is 46.3 Å². The van der Waals surface area contributed by atoms with Crippen molar-refractivity contribution in [1.29, 1.82) is 0 Å². The van der Waals surface area contributed by atoms with Crippen LogP contribution in [0.15, 0.2) is 133 Å². The molecular weight excluding hydrogens is 777 g/mol. The standard InChI is InChI=1S/C54H66O6S/c1-38(37-58-54(41-23-12-7-13-24-41,42-25-14-8-15-26-42)43-27-16-9-17-28-43)19-18-20-39(2)50-49(60-61(5,56)57)36-48-46-30-29-44-35-45(59-51(55)40-21-10-6-11-22-40)31-33-52(44,3)47(46)32-34-53(48,50)4/h6-17,21-29,38-39,45-50H,18-20,30-37H2,1-5H3/t38-,39-,45-,46-,47+,48+,49-,50+,52+,53+/m1/s1. The summed E-state index contributed by atoms with van der Waals surface area (Å²) in [6.07, 6.45) is 13.0. The van der Waals surface area contributed by atoms with E-state index in [2.05, 4.69) is 125 Å². The van der Waals surface area contributed by atoms with Gasteiger partial charge in [-0.05, 0) is 120 Å². The number of fused-ring (bicyclic) bond motifs is 5. The number of hydrogen-bond donors (Lipinski definition) is 0. The molecule has 0 saturated heterocycles. The predicted molar refractivity (Wildman–Crippen MR) is 243 cm³/mol. The Labute approximate surface area is 365 Å². The Morgan fingerprint density at radius 1 is 0.770 bits per heavy atom. The van der Waals surface area contributed by atoms with Gasteiger partial charge in [0.05, 0.1) is 24.5 Å². The zero-order valence-corrected chi connectivity index (χ0v) is 37.7. The Morgan fingerprint density at radius 3 is 1.92 bits per heavy atom. The van der Waals surface area contributed by atoms with Gasteiger partial charge in [-0.25, -0.2) is 4.79 Å². The van der Waals surface area contributed by atoms with E-state index in [0.29, 0.717) is 41.8 Å². The Bertz CT molecular complexity index is 2130. The van der Waals surface area contributed by atoms with Crippen molar-refractivity contribution in [2.75, 3.05) is 12.9 Å². The second-order valence-corrected chi connectivity index (χ2v) is 21.2. The van der Waals surface area contributed by atoms with Crippen LogP contribution in [0.1, 0.15) is 119 Å². The first-order valence-electron chi connectivity index (χ1n) is 23.0. The third kappa shape index (κ3) is 8.81. The third-order valence-corrected chi connectivity index (χ3v) is 16.4. The highest BCUT2D eigenvalue weighted by Gasteiger charge is 2.62. The minimum atomic E-state index is -3.63. The Balaban J connectivity index is 0.947. The normalized spacial score (nSPS) is 29.6. The van der Waals surface area contributed by atoms with Crippen molar-refractivity contribution >= 4 is 16.1 Å². The summed E-state index contributed by atoms with van der Waals surface area (Å²) in [6.45, 7) is 10.2. The van der Waals surface area contributed by atoms with E-state index >= 15 is 0 Å². The van der Waals surface area contributed by atoms with Crippen molar-refractivity contribution in [2.45, 2.75) is 110 Å². The number of carbonyl (C=O) groups is 1. The van der Waals surface area contributed by atoms with Crippen molar-refractivity contribution in [2.24, 2.45) is 46.3 Å². The molecule has 4 aliphatic rings. The lowest BCUT2D eigenvalue weighted by Crippen LogP contribution is -2.51. The number of carbonyl (C=O) groups excluding carboxylic acids is 1. The molecule has 0 aliphatic heterocycles. The summed E-state index contributed by atoms with van der Waals surface area (Å²) in [5, 5.41) is 0. The summed E-state index contributed by atoms with van der Waals surface area (Å²) in [6, 6.07) is 41.0. The maximum Gasteiger partial charge on any atom is 0.338 e. The Morgan fingerprint density at radius 2 is 1.34 bits per heavy atom. The molecule has 3 fully saturated rings. The van der Waals surface area contributed by atoms with Gasteiger partial charge < -0.3 is 9.47 Å². The van der Waals surface area contributed by atoms with Crippen LogP contribution < -0.4 is 0 Å². The molecule has 0 spiro atoms. The second kappa shape index (κ2) is 18.0. The van der Waals surface area contributed by atoms with Gasteiger partial charge in [-0.1, -0.05) is 161 Å².